The van der Waals surface area contributed by atoms with Crippen LogP contribution >= 0.6 is 0 Å². The van der Waals surface area contributed by atoms with Gasteiger partial charge < -0.3 is 9.64 Å². The lowest BCUT2D eigenvalue weighted by Crippen LogP contribution is -2.45. The molecule has 1 fully saturated rings. The number of carbonyl (C=O) groups is 1. The summed E-state index contributed by atoms with van der Waals surface area (Å²) in [5.41, 5.74) is 0.527. The first-order valence-electron chi connectivity index (χ1n) is 6.82. The smallest absolute Gasteiger partial charge is 0.328 e. The number of rotatable bonds is 4. The number of piperidine rings is 1. The highest BCUT2D eigenvalue weighted by Crippen LogP contribution is 2.32. The summed E-state index contributed by atoms with van der Waals surface area (Å²) in [6, 6.07) is 6.11. The summed E-state index contributed by atoms with van der Waals surface area (Å²) in [6.07, 6.45) is 2.52. The van der Waals surface area contributed by atoms with Crippen molar-refractivity contribution in [2.24, 2.45) is 0 Å². The molecular weight excluding hydrogens is 260 g/mol. The van der Waals surface area contributed by atoms with Gasteiger partial charge in [0.15, 0.2) is 0 Å². The molecule has 1 aliphatic rings. The summed E-state index contributed by atoms with van der Waals surface area (Å²) < 4.78 is 5.08. The van der Waals surface area contributed by atoms with Gasteiger partial charge in [0, 0.05) is 12.6 Å². The number of benzene rings is 1. The van der Waals surface area contributed by atoms with Crippen LogP contribution in [0.15, 0.2) is 24.3 Å². The van der Waals surface area contributed by atoms with Crippen LogP contribution in [-0.4, -0.2) is 30.1 Å². The van der Waals surface area contributed by atoms with E-state index in [-0.39, 0.29) is 11.7 Å². The maximum atomic E-state index is 12.0. The molecule has 2 rings (SSSR count). The van der Waals surface area contributed by atoms with Gasteiger partial charge in [-0.1, -0.05) is 12.1 Å². The van der Waals surface area contributed by atoms with Gasteiger partial charge in [-0.2, -0.15) is 0 Å². The van der Waals surface area contributed by atoms with Crippen molar-refractivity contribution < 1.29 is 14.5 Å². The summed E-state index contributed by atoms with van der Waals surface area (Å²) in [5, 5.41) is 11.1. The van der Waals surface area contributed by atoms with E-state index >= 15 is 0 Å². The van der Waals surface area contributed by atoms with E-state index in [2.05, 4.69) is 0 Å². The highest BCUT2D eigenvalue weighted by molar-refractivity contribution is 5.82. The highest BCUT2D eigenvalue weighted by atomic mass is 16.6. The second-order valence-corrected chi connectivity index (χ2v) is 4.70. The average Bonchev–Trinajstić information content (AvgIpc) is 2.47. The third kappa shape index (κ3) is 2.89. The fraction of sp³-hybridized carbons (Fsp3) is 0.500. The number of hydrogen-bond donors (Lipinski definition) is 0. The Labute approximate surface area is 117 Å². The van der Waals surface area contributed by atoms with Crippen molar-refractivity contribution in [3.63, 3.8) is 0 Å². The van der Waals surface area contributed by atoms with Gasteiger partial charge in [0.05, 0.1) is 11.5 Å². The zero-order valence-electron chi connectivity index (χ0n) is 11.4. The summed E-state index contributed by atoms with van der Waals surface area (Å²) in [4.78, 5) is 24.6. The first-order chi connectivity index (χ1) is 9.65. The Kier molecular flexibility index (Phi) is 4.55. The fourth-order valence-corrected chi connectivity index (χ4v) is 2.56. The third-order valence-corrected chi connectivity index (χ3v) is 3.45. The number of carbonyl (C=O) groups excluding carboxylic acids is 1. The standard InChI is InChI=1S/C14H18N2O4/c1-2-20-14(17)13-9-5-6-10-15(13)11-7-3-4-8-12(11)16(18)19/h3-4,7-8,13H,2,5-6,9-10H2,1H3/t13-/m0/s1. The monoisotopic (exact) mass is 278 g/mol. The minimum atomic E-state index is -0.426. The van der Waals surface area contributed by atoms with Crippen molar-refractivity contribution in [2.75, 3.05) is 18.1 Å². The van der Waals surface area contributed by atoms with Crippen LogP contribution in [0.4, 0.5) is 11.4 Å². The molecule has 1 aromatic rings. The molecule has 20 heavy (non-hydrogen) atoms. The summed E-state index contributed by atoms with van der Waals surface area (Å²) in [6.45, 7) is 2.71. The molecule has 0 N–H and O–H groups in total. The number of anilines is 1. The molecule has 0 bridgehead atoms. The number of para-hydroxylation sites is 2. The maximum Gasteiger partial charge on any atom is 0.328 e. The van der Waals surface area contributed by atoms with Crippen LogP contribution in [0.1, 0.15) is 26.2 Å². The van der Waals surface area contributed by atoms with Crippen molar-refractivity contribution >= 4 is 17.3 Å². The minimum Gasteiger partial charge on any atom is -0.464 e. The molecule has 1 saturated heterocycles. The van der Waals surface area contributed by atoms with E-state index < -0.39 is 11.0 Å². The van der Waals surface area contributed by atoms with Gasteiger partial charge in [-0.3, -0.25) is 10.1 Å². The molecule has 6 heteroatoms. The van der Waals surface area contributed by atoms with Crippen LogP contribution in [0.3, 0.4) is 0 Å². The zero-order chi connectivity index (χ0) is 14.5. The number of ether oxygens (including phenoxy) is 1. The van der Waals surface area contributed by atoms with Crippen molar-refractivity contribution in [1.82, 2.24) is 0 Å². The number of hydrogen-bond acceptors (Lipinski definition) is 5. The molecule has 0 amide bonds. The Morgan fingerprint density at radius 2 is 2.20 bits per heavy atom. The van der Waals surface area contributed by atoms with E-state index in [1.807, 2.05) is 0 Å². The molecule has 0 aliphatic carbocycles. The first kappa shape index (κ1) is 14.3. The second-order valence-electron chi connectivity index (χ2n) is 4.70. The molecule has 6 nitrogen and oxygen atoms in total. The van der Waals surface area contributed by atoms with Crippen molar-refractivity contribution in [3.05, 3.63) is 34.4 Å². The summed E-state index contributed by atoms with van der Waals surface area (Å²) in [7, 11) is 0. The lowest BCUT2D eigenvalue weighted by Gasteiger charge is -2.35. The molecule has 0 saturated carbocycles. The van der Waals surface area contributed by atoms with E-state index in [1.165, 1.54) is 6.07 Å². The van der Waals surface area contributed by atoms with Crippen LogP contribution in [0.5, 0.6) is 0 Å². The quantitative estimate of drug-likeness (QED) is 0.480. The van der Waals surface area contributed by atoms with Gasteiger partial charge in [-0.15, -0.1) is 0 Å². The lowest BCUT2D eigenvalue weighted by molar-refractivity contribution is -0.384. The van der Waals surface area contributed by atoms with Gasteiger partial charge in [-0.05, 0) is 32.3 Å². The van der Waals surface area contributed by atoms with Crippen LogP contribution in [0.25, 0.3) is 0 Å². The predicted molar refractivity (Wildman–Crippen MR) is 74.7 cm³/mol. The average molecular weight is 278 g/mol. The molecular formula is C14H18N2O4. The Balaban J connectivity index is 2.33. The van der Waals surface area contributed by atoms with E-state index in [4.69, 9.17) is 4.74 Å². The van der Waals surface area contributed by atoms with Crippen LogP contribution in [0.2, 0.25) is 0 Å². The molecule has 1 heterocycles. The van der Waals surface area contributed by atoms with E-state index in [0.29, 0.717) is 25.3 Å². The van der Waals surface area contributed by atoms with Crippen molar-refractivity contribution in [2.45, 2.75) is 32.2 Å². The Hall–Kier alpha value is -2.11. The highest BCUT2D eigenvalue weighted by Gasteiger charge is 2.33. The SMILES string of the molecule is CCOC(=O)[C@@H]1CCCCN1c1ccccc1[N+](=O)[O-]. The molecule has 0 radical (unpaired) electrons. The van der Waals surface area contributed by atoms with E-state index in [9.17, 15) is 14.9 Å². The molecule has 1 aromatic carbocycles. The van der Waals surface area contributed by atoms with Crippen LogP contribution in [-0.2, 0) is 9.53 Å². The maximum absolute atomic E-state index is 12.0. The van der Waals surface area contributed by atoms with Gasteiger partial charge in [-0.25, -0.2) is 4.79 Å². The molecule has 108 valence electrons. The van der Waals surface area contributed by atoms with Gasteiger partial charge in [0.25, 0.3) is 5.69 Å². The molecule has 1 atom stereocenters. The Bertz CT molecular complexity index is 504. The molecule has 1 aliphatic heterocycles. The number of esters is 1. The van der Waals surface area contributed by atoms with Crippen LogP contribution < -0.4 is 4.90 Å². The largest absolute Gasteiger partial charge is 0.464 e. The third-order valence-electron chi connectivity index (χ3n) is 3.45. The minimum absolute atomic E-state index is 0.0312. The lowest BCUT2D eigenvalue weighted by atomic mass is 10.0. The Morgan fingerprint density at radius 1 is 1.45 bits per heavy atom. The molecule has 0 aromatic heterocycles. The fourth-order valence-electron chi connectivity index (χ4n) is 2.56. The normalized spacial score (nSPS) is 18.6. The topological polar surface area (TPSA) is 72.7 Å². The second kappa shape index (κ2) is 6.36. The summed E-state index contributed by atoms with van der Waals surface area (Å²) in [5.74, 6) is -0.301. The van der Waals surface area contributed by atoms with Gasteiger partial charge >= 0.3 is 5.97 Å². The van der Waals surface area contributed by atoms with Crippen molar-refractivity contribution in [3.8, 4) is 0 Å². The van der Waals surface area contributed by atoms with E-state index in [0.717, 1.165) is 12.8 Å². The molecule has 0 unspecified atom stereocenters. The number of nitrogens with zero attached hydrogens (tertiary/aromatic N) is 2. The zero-order valence-corrected chi connectivity index (χ0v) is 11.4. The van der Waals surface area contributed by atoms with Gasteiger partial charge in [0.1, 0.15) is 11.7 Å². The number of nitro groups is 1. The predicted octanol–water partition coefficient (Wildman–Crippen LogP) is 2.52. The van der Waals surface area contributed by atoms with Crippen molar-refractivity contribution in [1.29, 1.82) is 0 Å². The summed E-state index contributed by atoms with van der Waals surface area (Å²) >= 11 is 0. The van der Waals surface area contributed by atoms with Gasteiger partial charge in [0.2, 0.25) is 0 Å². The first-order valence-corrected chi connectivity index (χ1v) is 6.82. The molecule has 0 spiro atoms. The van der Waals surface area contributed by atoms with E-state index in [1.54, 1.807) is 30.0 Å². The van der Waals surface area contributed by atoms with Crippen LogP contribution in [0, 0.1) is 10.1 Å². The number of nitro benzene ring substituents is 1. The Morgan fingerprint density at radius 3 is 2.90 bits per heavy atom.